The summed E-state index contributed by atoms with van der Waals surface area (Å²) >= 11 is 1.37. The standard InChI is InChI=1S/C32H29N3O3S/c1-22-9-6-11-24(17-22)19-29(35-31(37)25-12-4-3-5-13-25)32(38)34-27-15-8-16-28(20-27)39-21-30(36)33-26-14-7-10-23(2)18-26/h3-20H,21H2,1-2H3,(H,33,36)(H,34,38)(H,35,37)/b29-19+. The van der Waals surface area contributed by atoms with Gasteiger partial charge in [0.25, 0.3) is 11.8 Å². The summed E-state index contributed by atoms with van der Waals surface area (Å²) in [5.74, 6) is -0.738. The first-order chi connectivity index (χ1) is 18.9. The predicted molar refractivity (Wildman–Crippen MR) is 159 cm³/mol. The predicted octanol–water partition coefficient (Wildman–Crippen LogP) is 6.44. The van der Waals surface area contributed by atoms with Crippen LogP contribution in [-0.2, 0) is 9.59 Å². The lowest BCUT2D eigenvalue weighted by molar-refractivity contribution is -0.114. The molecule has 4 rings (SSSR count). The van der Waals surface area contributed by atoms with Crippen molar-refractivity contribution in [2.75, 3.05) is 16.4 Å². The smallest absolute Gasteiger partial charge is 0.272 e. The first-order valence-electron chi connectivity index (χ1n) is 12.4. The molecule has 0 saturated carbocycles. The molecule has 0 radical (unpaired) electrons. The number of nitrogens with one attached hydrogen (secondary N) is 3. The Kier molecular flexibility index (Phi) is 9.32. The maximum atomic E-state index is 13.3. The molecule has 0 heterocycles. The van der Waals surface area contributed by atoms with Crippen molar-refractivity contribution in [1.29, 1.82) is 0 Å². The number of hydrogen-bond donors (Lipinski definition) is 3. The van der Waals surface area contributed by atoms with Gasteiger partial charge in [-0.05, 0) is 73.5 Å². The van der Waals surface area contributed by atoms with Gasteiger partial charge in [0, 0.05) is 21.8 Å². The summed E-state index contributed by atoms with van der Waals surface area (Å²) in [5, 5.41) is 8.52. The van der Waals surface area contributed by atoms with Crippen LogP contribution in [0.1, 0.15) is 27.0 Å². The van der Waals surface area contributed by atoms with Crippen molar-refractivity contribution >= 4 is 46.9 Å². The maximum absolute atomic E-state index is 13.3. The highest BCUT2D eigenvalue weighted by Gasteiger charge is 2.15. The van der Waals surface area contributed by atoms with Crippen molar-refractivity contribution in [1.82, 2.24) is 5.32 Å². The minimum Gasteiger partial charge on any atom is -0.325 e. The normalized spacial score (nSPS) is 11.0. The van der Waals surface area contributed by atoms with Gasteiger partial charge in [0.05, 0.1) is 5.75 Å². The van der Waals surface area contributed by atoms with Gasteiger partial charge >= 0.3 is 0 Å². The largest absolute Gasteiger partial charge is 0.325 e. The molecule has 6 nitrogen and oxygen atoms in total. The van der Waals surface area contributed by atoms with Gasteiger partial charge in [-0.15, -0.1) is 11.8 Å². The molecule has 0 aliphatic rings. The van der Waals surface area contributed by atoms with E-state index in [-0.39, 0.29) is 23.3 Å². The van der Waals surface area contributed by atoms with E-state index in [4.69, 9.17) is 0 Å². The highest BCUT2D eigenvalue weighted by molar-refractivity contribution is 8.00. The van der Waals surface area contributed by atoms with Crippen molar-refractivity contribution in [3.8, 4) is 0 Å². The number of aryl methyl sites for hydroxylation is 2. The third-order valence-corrected chi connectivity index (χ3v) is 6.64. The fourth-order valence-corrected chi connectivity index (χ4v) is 4.55. The fourth-order valence-electron chi connectivity index (χ4n) is 3.80. The van der Waals surface area contributed by atoms with Gasteiger partial charge in [0.1, 0.15) is 5.70 Å². The molecule has 39 heavy (non-hydrogen) atoms. The molecule has 0 aromatic heterocycles. The van der Waals surface area contributed by atoms with Gasteiger partial charge in [-0.3, -0.25) is 14.4 Å². The van der Waals surface area contributed by atoms with Crippen LogP contribution in [0.3, 0.4) is 0 Å². The van der Waals surface area contributed by atoms with Crippen LogP contribution in [0.15, 0.2) is 114 Å². The van der Waals surface area contributed by atoms with Gasteiger partial charge in [-0.2, -0.15) is 0 Å². The highest BCUT2D eigenvalue weighted by Crippen LogP contribution is 2.23. The van der Waals surface area contributed by atoms with E-state index in [1.807, 2.05) is 80.6 Å². The summed E-state index contributed by atoms with van der Waals surface area (Å²) in [4.78, 5) is 39.4. The molecule has 0 spiro atoms. The van der Waals surface area contributed by atoms with Crippen LogP contribution in [0.2, 0.25) is 0 Å². The fraction of sp³-hybridized carbons (Fsp3) is 0.0938. The van der Waals surface area contributed by atoms with E-state index in [0.717, 1.165) is 27.3 Å². The van der Waals surface area contributed by atoms with Crippen LogP contribution in [0.5, 0.6) is 0 Å². The zero-order valence-electron chi connectivity index (χ0n) is 21.7. The SMILES string of the molecule is Cc1cccc(/C=C(/NC(=O)c2ccccc2)C(=O)Nc2cccc(SCC(=O)Nc3cccc(C)c3)c2)c1. The minimum absolute atomic E-state index is 0.116. The molecule has 0 atom stereocenters. The molecule has 0 aliphatic heterocycles. The van der Waals surface area contributed by atoms with Gasteiger partial charge in [-0.1, -0.05) is 66.2 Å². The monoisotopic (exact) mass is 535 g/mol. The first kappa shape index (κ1) is 27.4. The Morgan fingerprint density at radius 2 is 1.38 bits per heavy atom. The second-order valence-corrected chi connectivity index (χ2v) is 10.0. The number of thioether (sulfide) groups is 1. The summed E-state index contributed by atoms with van der Waals surface area (Å²) in [5.41, 5.74) is 4.76. The number of carbonyl (C=O) groups is 3. The number of benzene rings is 4. The molecule has 4 aromatic carbocycles. The van der Waals surface area contributed by atoms with E-state index in [1.54, 1.807) is 42.5 Å². The minimum atomic E-state index is -0.458. The molecule has 4 aromatic rings. The molecule has 3 N–H and O–H groups in total. The summed E-state index contributed by atoms with van der Waals surface area (Å²) in [6.45, 7) is 3.93. The van der Waals surface area contributed by atoms with Crippen LogP contribution >= 0.6 is 11.8 Å². The van der Waals surface area contributed by atoms with E-state index in [2.05, 4.69) is 16.0 Å². The Hall–Kier alpha value is -4.62. The summed E-state index contributed by atoms with van der Waals surface area (Å²) < 4.78 is 0. The van der Waals surface area contributed by atoms with E-state index in [9.17, 15) is 14.4 Å². The molecular weight excluding hydrogens is 506 g/mol. The van der Waals surface area contributed by atoms with E-state index >= 15 is 0 Å². The molecule has 196 valence electrons. The van der Waals surface area contributed by atoms with E-state index in [0.29, 0.717) is 11.3 Å². The molecule has 0 fully saturated rings. The Morgan fingerprint density at radius 3 is 2.10 bits per heavy atom. The third kappa shape index (κ3) is 8.45. The van der Waals surface area contributed by atoms with Crippen LogP contribution in [0.4, 0.5) is 11.4 Å². The lowest BCUT2D eigenvalue weighted by Gasteiger charge is -2.12. The molecule has 3 amide bonds. The second-order valence-electron chi connectivity index (χ2n) is 8.98. The topological polar surface area (TPSA) is 87.3 Å². The van der Waals surface area contributed by atoms with Crippen LogP contribution in [-0.4, -0.2) is 23.5 Å². The Bertz CT molecular complexity index is 1520. The van der Waals surface area contributed by atoms with E-state index in [1.165, 1.54) is 11.8 Å². The summed E-state index contributed by atoms with van der Waals surface area (Å²) in [6.07, 6.45) is 1.65. The van der Waals surface area contributed by atoms with Crippen molar-refractivity contribution in [3.63, 3.8) is 0 Å². The average Bonchev–Trinajstić information content (AvgIpc) is 2.92. The van der Waals surface area contributed by atoms with E-state index < -0.39 is 5.91 Å². The number of hydrogen-bond acceptors (Lipinski definition) is 4. The lowest BCUT2D eigenvalue weighted by atomic mass is 10.1. The molecule has 0 aliphatic carbocycles. The number of anilines is 2. The van der Waals surface area contributed by atoms with Crippen LogP contribution in [0, 0.1) is 13.8 Å². The molecule has 7 heteroatoms. The molecule has 0 saturated heterocycles. The van der Waals surface area contributed by atoms with Gasteiger partial charge < -0.3 is 16.0 Å². The van der Waals surface area contributed by atoms with Crippen molar-refractivity contribution < 1.29 is 14.4 Å². The Morgan fingerprint density at radius 1 is 0.718 bits per heavy atom. The first-order valence-corrected chi connectivity index (χ1v) is 13.4. The highest BCUT2D eigenvalue weighted by atomic mass is 32.2. The van der Waals surface area contributed by atoms with Crippen LogP contribution in [0.25, 0.3) is 6.08 Å². The van der Waals surface area contributed by atoms with Gasteiger partial charge in [0.2, 0.25) is 5.91 Å². The quantitative estimate of drug-likeness (QED) is 0.170. The van der Waals surface area contributed by atoms with Gasteiger partial charge in [0.15, 0.2) is 0 Å². The Labute approximate surface area is 232 Å². The van der Waals surface area contributed by atoms with Crippen molar-refractivity contribution in [3.05, 3.63) is 131 Å². The number of amides is 3. The second kappa shape index (κ2) is 13.3. The average molecular weight is 536 g/mol. The third-order valence-electron chi connectivity index (χ3n) is 5.65. The van der Waals surface area contributed by atoms with Crippen molar-refractivity contribution in [2.24, 2.45) is 0 Å². The number of carbonyl (C=O) groups excluding carboxylic acids is 3. The van der Waals surface area contributed by atoms with Crippen LogP contribution < -0.4 is 16.0 Å². The molecule has 0 unspecified atom stereocenters. The molecule has 0 bridgehead atoms. The summed E-state index contributed by atoms with van der Waals surface area (Å²) in [7, 11) is 0. The number of rotatable bonds is 9. The Balaban J connectivity index is 1.45. The van der Waals surface area contributed by atoms with Crippen molar-refractivity contribution in [2.45, 2.75) is 18.7 Å². The maximum Gasteiger partial charge on any atom is 0.272 e. The zero-order valence-corrected chi connectivity index (χ0v) is 22.5. The molecular formula is C32H29N3O3S. The summed E-state index contributed by atoms with van der Waals surface area (Å²) in [6, 6.07) is 31.3. The zero-order chi connectivity index (χ0) is 27.6. The lowest BCUT2D eigenvalue weighted by Crippen LogP contribution is -2.30. The van der Waals surface area contributed by atoms with Gasteiger partial charge in [-0.25, -0.2) is 0 Å².